The number of rotatable bonds is 4. The Bertz CT molecular complexity index is 1090. The van der Waals surface area contributed by atoms with E-state index in [0.717, 1.165) is 25.0 Å². The summed E-state index contributed by atoms with van der Waals surface area (Å²) < 4.78 is 40.6. The zero-order valence-electron chi connectivity index (χ0n) is 14.9. The predicted molar refractivity (Wildman–Crippen MR) is 102 cm³/mol. The number of phenolic OH excluding ortho intramolecular Hbond substituents is 1. The minimum atomic E-state index is -4.48. The topological polar surface area (TPSA) is 67.2 Å². The van der Waals surface area contributed by atoms with Crippen molar-refractivity contribution in [3.8, 4) is 11.4 Å². The van der Waals surface area contributed by atoms with Crippen molar-refractivity contribution >= 4 is 23.2 Å². The Morgan fingerprint density at radius 2 is 1.97 bits per heavy atom. The maximum absolute atomic E-state index is 13.1. The van der Waals surface area contributed by atoms with E-state index < -0.39 is 17.6 Å². The monoisotopic (exact) mass is 421 g/mol. The molecule has 3 aromatic rings. The minimum absolute atomic E-state index is 0.0285. The van der Waals surface area contributed by atoms with Crippen LogP contribution in [-0.2, 0) is 6.18 Å². The van der Waals surface area contributed by atoms with Crippen LogP contribution in [0.3, 0.4) is 0 Å². The fourth-order valence-electron chi connectivity index (χ4n) is 3.10. The Morgan fingerprint density at radius 1 is 1.21 bits per heavy atom. The molecule has 0 radical (unpaired) electrons. The Kier molecular flexibility index (Phi) is 4.74. The van der Waals surface area contributed by atoms with Gasteiger partial charge in [0.15, 0.2) is 0 Å². The number of aromatic nitrogens is 2. The summed E-state index contributed by atoms with van der Waals surface area (Å²) in [5, 5.41) is 17.0. The zero-order valence-corrected chi connectivity index (χ0v) is 15.6. The van der Waals surface area contributed by atoms with Crippen LogP contribution in [0.25, 0.3) is 5.69 Å². The highest BCUT2D eigenvalue weighted by Gasteiger charge is 2.34. The lowest BCUT2D eigenvalue weighted by atomic mass is 10.1. The van der Waals surface area contributed by atoms with Crippen molar-refractivity contribution in [2.24, 2.45) is 0 Å². The lowest BCUT2D eigenvalue weighted by molar-refractivity contribution is -0.137. The lowest BCUT2D eigenvalue weighted by Gasteiger charge is -2.12. The van der Waals surface area contributed by atoms with Gasteiger partial charge in [0, 0.05) is 10.9 Å². The van der Waals surface area contributed by atoms with E-state index in [1.165, 1.54) is 41.2 Å². The van der Waals surface area contributed by atoms with Crippen molar-refractivity contribution in [2.45, 2.75) is 24.9 Å². The summed E-state index contributed by atoms with van der Waals surface area (Å²) in [5.41, 5.74) is 0.358. The maximum atomic E-state index is 13.1. The molecule has 9 heteroatoms. The number of alkyl halides is 3. The molecule has 1 heterocycles. The quantitative estimate of drug-likeness (QED) is 0.556. The highest BCUT2D eigenvalue weighted by Crippen LogP contribution is 2.43. The number of anilines is 1. The Labute approximate surface area is 168 Å². The molecule has 150 valence electrons. The van der Waals surface area contributed by atoms with Crippen molar-refractivity contribution in [1.29, 1.82) is 0 Å². The van der Waals surface area contributed by atoms with Crippen LogP contribution >= 0.6 is 11.6 Å². The molecule has 5 nitrogen and oxygen atoms in total. The number of carbonyl (C=O) groups is 1. The first-order valence-electron chi connectivity index (χ1n) is 8.79. The summed E-state index contributed by atoms with van der Waals surface area (Å²) in [4.78, 5) is 12.8. The molecule has 0 unspecified atom stereocenters. The molecule has 29 heavy (non-hydrogen) atoms. The van der Waals surface area contributed by atoms with Crippen LogP contribution in [0.15, 0.2) is 48.7 Å². The largest absolute Gasteiger partial charge is 0.506 e. The number of amides is 1. The second-order valence-corrected chi connectivity index (χ2v) is 7.23. The lowest BCUT2D eigenvalue weighted by Crippen LogP contribution is -2.14. The molecule has 1 aliphatic carbocycles. The van der Waals surface area contributed by atoms with Gasteiger partial charge >= 0.3 is 6.18 Å². The first-order valence-corrected chi connectivity index (χ1v) is 9.17. The number of carbonyl (C=O) groups excluding carboxylic acids is 1. The van der Waals surface area contributed by atoms with Gasteiger partial charge in [0.1, 0.15) is 5.75 Å². The molecule has 0 aliphatic heterocycles. The van der Waals surface area contributed by atoms with Gasteiger partial charge in [-0.3, -0.25) is 4.79 Å². The van der Waals surface area contributed by atoms with E-state index >= 15 is 0 Å². The van der Waals surface area contributed by atoms with Gasteiger partial charge in [-0.15, -0.1) is 0 Å². The maximum Gasteiger partial charge on any atom is 0.416 e. The van der Waals surface area contributed by atoms with E-state index in [0.29, 0.717) is 10.7 Å². The van der Waals surface area contributed by atoms with E-state index in [1.54, 1.807) is 0 Å². The van der Waals surface area contributed by atoms with E-state index in [4.69, 9.17) is 11.6 Å². The molecule has 1 amide bonds. The molecule has 1 fully saturated rings. The van der Waals surface area contributed by atoms with Crippen molar-refractivity contribution in [2.75, 3.05) is 5.32 Å². The smallest absolute Gasteiger partial charge is 0.416 e. The molecule has 2 aromatic carbocycles. The summed E-state index contributed by atoms with van der Waals surface area (Å²) in [7, 11) is 0. The SMILES string of the molecule is O=C(Nc1cc(Cl)ccc1O)c1cnn(-c2cccc(C(F)(F)F)c2)c1C1CC1. The van der Waals surface area contributed by atoms with Crippen LogP contribution in [0, 0.1) is 0 Å². The third kappa shape index (κ3) is 3.93. The number of benzene rings is 2. The van der Waals surface area contributed by atoms with Crippen LogP contribution in [0.2, 0.25) is 5.02 Å². The van der Waals surface area contributed by atoms with Crippen molar-refractivity contribution in [1.82, 2.24) is 9.78 Å². The molecular weight excluding hydrogens is 407 g/mol. The van der Waals surface area contributed by atoms with Gasteiger partial charge in [-0.1, -0.05) is 17.7 Å². The Hall–Kier alpha value is -3.00. The second-order valence-electron chi connectivity index (χ2n) is 6.79. The van der Waals surface area contributed by atoms with Crippen LogP contribution in [-0.4, -0.2) is 20.8 Å². The molecule has 1 aromatic heterocycles. The van der Waals surface area contributed by atoms with E-state index in [2.05, 4.69) is 10.4 Å². The van der Waals surface area contributed by atoms with Gasteiger partial charge in [0.05, 0.1) is 34.4 Å². The molecule has 0 spiro atoms. The van der Waals surface area contributed by atoms with Gasteiger partial charge in [-0.25, -0.2) is 4.68 Å². The molecule has 4 rings (SSSR count). The molecule has 1 aliphatic rings. The number of hydrogen-bond donors (Lipinski definition) is 2. The first kappa shape index (κ1) is 19.3. The fraction of sp³-hybridized carbons (Fsp3) is 0.200. The van der Waals surface area contributed by atoms with Gasteiger partial charge in [0.25, 0.3) is 5.91 Å². The van der Waals surface area contributed by atoms with Gasteiger partial charge in [0.2, 0.25) is 0 Å². The van der Waals surface area contributed by atoms with Crippen LogP contribution in [0.4, 0.5) is 18.9 Å². The van der Waals surface area contributed by atoms with Crippen molar-refractivity contribution < 1.29 is 23.1 Å². The summed E-state index contributed by atoms with van der Waals surface area (Å²) in [6.07, 6.45) is -1.53. The Balaban J connectivity index is 1.71. The van der Waals surface area contributed by atoms with Crippen molar-refractivity contribution in [3.63, 3.8) is 0 Å². The standard InChI is InChI=1S/C20H15ClF3N3O2/c21-13-6-7-17(28)16(9-13)26-19(29)15-10-25-27(18(15)11-4-5-11)14-3-1-2-12(8-14)20(22,23)24/h1-3,6-11,28H,4-5H2,(H,26,29). The van der Waals surface area contributed by atoms with E-state index in [9.17, 15) is 23.1 Å². The second kappa shape index (κ2) is 7.11. The number of aromatic hydroxyl groups is 1. The highest BCUT2D eigenvalue weighted by atomic mass is 35.5. The number of hydrogen-bond acceptors (Lipinski definition) is 3. The fourth-order valence-corrected chi connectivity index (χ4v) is 3.27. The molecule has 0 atom stereocenters. The molecule has 0 saturated heterocycles. The first-order chi connectivity index (χ1) is 13.7. The summed E-state index contributed by atoms with van der Waals surface area (Å²) >= 11 is 5.90. The number of nitrogens with one attached hydrogen (secondary N) is 1. The van der Waals surface area contributed by atoms with E-state index in [-0.39, 0.29) is 28.6 Å². The minimum Gasteiger partial charge on any atom is -0.506 e. The van der Waals surface area contributed by atoms with Crippen LogP contribution in [0.1, 0.15) is 40.4 Å². The van der Waals surface area contributed by atoms with Crippen LogP contribution in [0.5, 0.6) is 5.75 Å². The third-order valence-corrected chi connectivity index (χ3v) is 4.88. The summed E-state index contributed by atoms with van der Waals surface area (Å²) in [5.74, 6) is -0.649. The average Bonchev–Trinajstić information content (AvgIpc) is 3.41. The molecular formula is C20H15ClF3N3O2. The number of phenols is 1. The number of halogens is 4. The molecule has 1 saturated carbocycles. The third-order valence-electron chi connectivity index (χ3n) is 4.64. The molecule has 0 bridgehead atoms. The molecule has 2 N–H and O–H groups in total. The van der Waals surface area contributed by atoms with Crippen LogP contribution < -0.4 is 5.32 Å². The highest BCUT2D eigenvalue weighted by molar-refractivity contribution is 6.31. The predicted octanol–water partition coefficient (Wildman–Crippen LogP) is 5.38. The zero-order chi connectivity index (χ0) is 20.8. The summed E-state index contributed by atoms with van der Waals surface area (Å²) in [6, 6.07) is 9.05. The number of nitrogens with zero attached hydrogens (tertiary/aromatic N) is 2. The Morgan fingerprint density at radius 3 is 2.66 bits per heavy atom. The van der Waals surface area contributed by atoms with Crippen molar-refractivity contribution in [3.05, 3.63) is 70.5 Å². The van der Waals surface area contributed by atoms with E-state index in [1.807, 2.05) is 0 Å². The summed E-state index contributed by atoms with van der Waals surface area (Å²) in [6.45, 7) is 0. The normalized spacial score (nSPS) is 14.1. The van der Waals surface area contributed by atoms with Gasteiger partial charge in [-0.05, 0) is 49.2 Å². The van der Waals surface area contributed by atoms with Gasteiger partial charge < -0.3 is 10.4 Å². The van der Waals surface area contributed by atoms with Gasteiger partial charge in [-0.2, -0.15) is 18.3 Å². The average molecular weight is 422 g/mol.